The van der Waals surface area contributed by atoms with Gasteiger partial charge in [0.25, 0.3) is 0 Å². The molecule has 3 N–H and O–H groups in total. The lowest BCUT2D eigenvalue weighted by Crippen LogP contribution is -2.11. The van der Waals surface area contributed by atoms with E-state index in [1.54, 1.807) is 0 Å². The highest BCUT2D eigenvalue weighted by Gasteiger charge is 2.05. The van der Waals surface area contributed by atoms with Crippen LogP contribution in [0.2, 0.25) is 5.02 Å². The minimum absolute atomic E-state index is 0.0779. The molecule has 0 aliphatic carbocycles. The lowest BCUT2D eigenvalue weighted by molar-refractivity contribution is 0.303. The van der Waals surface area contributed by atoms with E-state index in [0.717, 1.165) is 28.0 Å². The van der Waals surface area contributed by atoms with Crippen molar-refractivity contribution in [3.05, 3.63) is 63.7 Å². The first-order chi connectivity index (χ1) is 9.47. The molecule has 0 bridgehead atoms. The largest absolute Gasteiger partial charge is 0.489 e. The molecule has 4 heteroatoms. The van der Waals surface area contributed by atoms with E-state index in [2.05, 4.69) is 0 Å². The third-order valence-corrected chi connectivity index (χ3v) is 3.41. The van der Waals surface area contributed by atoms with Crippen molar-refractivity contribution in [3.63, 3.8) is 0 Å². The summed E-state index contributed by atoms with van der Waals surface area (Å²) < 4.78 is 5.82. The highest BCUT2D eigenvalue weighted by atomic mass is 35.5. The Balaban J connectivity index is 2.13. The summed E-state index contributed by atoms with van der Waals surface area (Å²) in [6.45, 7) is 4.43. The highest BCUT2D eigenvalue weighted by Crippen LogP contribution is 2.23. The number of hydrogen-bond acceptors (Lipinski definition) is 2. The molecule has 0 amide bonds. The van der Waals surface area contributed by atoms with Gasteiger partial charge in [-0.05, 0) is 54.8 Å². The molecule has 0 aliphatic heterocycles. The molecule has 0 fully saturated rings. The van der Waals surface area contributed by atoms with Gasteiger partial charge in [-0.2, -0.15) is 0 Å². The number of nitrogens with two attached hydrogens (primary N) is 1. The van der Waals surface area contributed by atoms with Gasteiger partial charge in [0, 0.05) is 10.6 Å². The molecule has 2 aromatic carbocycles. The SMILES string of the molecule is Cc1cc(C(=N)N)ccc1COc1ccc(Cl)cc1C. The van der Waals surface area contributed by atoms with Crippen LogP contribution < -0.4 is 10.5 Å². The molecule has 2 rings (SSSR count). The Morgan fingerprint density at radius 1 is 1.15 bits per heavy atom. The van der Waals surface area contributed by atoms with E-state index in [1.807, 2.05) is 50.2 Å². The van der Waals surface area contributed by atoms with E-state index >= 15 is 0 Å². The van der Waals surface area contributed by atoms with E-state index < -0.39 is 0 Å². The van der Waals surface area contributed by atoms with Crippen molar-refractivity contribution in [1.82, 2.24) is 0 Å². The maximum Gasteiger partial charge on any atom is 0.122 e. The van der Waals surface area contributed by atoms with Gasteiger partial charge in [0.05, 0.1) is 0 Å². The minimum atomic E-state index is 0.0779. The van der Waals surface area contributed by atoms with Crippen LogP contribution in [0.1, 0.15) is 22.3 Å². The van der Waals surface area contributed by atoms with Gasteiger partial charge in [0.2, 0.25) is 0 Å². The number of aryl methyl sites for hydroxylation is 2. The Morgan fingerprint density at radius 3 is 2.50 bits per heavy atom. The van der Waals surface area contributed by atoms with Gasteiger partial charge in [-0.25, -0.2) is 0 Å². The predicted octanol–water partition coefficient (Wildman–Crippen LogP) is 3.82. The van der Waals surface area contributed by atoms with Crippen LogP contribution in [0.4, 0.5) is 0 Å². The van der Waals surface area contributed by atoms with E-state index in [1.165, 1.54) is 0 Å². The Kier molecular flexibility index (Phi) is 4.30. The highest BCUT2D eigenvalue weighted by molar-refractivity contribution is 6.30. The van der Waals surface area contributed by atoms with Gasteiger partial charge in [-0.15, -0.1) is 0 Å². The Bertz CT molecular complexity index is 653. The van der Waals surface area contributed by atoms with Crippen molar-refractivity contribution in [2.75, 3.05) is 0 Å². The van der Waals surface area contributed by atoms with Gasteiger partial charge in [-0.1, -0.05) is 23.7 Å². The van der Waals surface area contributed by atoms with Crippen molar-refractivity contribution in [1.29, 1.82) is 5.41 Å². The van der Waals surface area contributed by atoms with E-state index in [4.69, 9.17) is 27.5 Å². The molecule has 20 heavy (non-hydrogen) atoms. The van der Waals surface area contributed by atoms with Crippen molar-refractivity contribution in [3.8, 4) is 5.75 Å². The van der Waals surface area contributed by atoms with Crippen LogP contribution in [0.3, 0.4) is 0 Å². The monoisotopic (exact) mass is 288 g/mol. The average molecular weight is 289 g/mol. The van der Waals surface area contributed by atoms with Crippen LogP contribution in [0.5, 0.6) is 5.75 Å². The summed E-state index contributed by atoms with van der Waals surface area (Å²) in [4.78, 5) is 0. The number of benzene rings is 2. The van der Waals surface area contributed by atoms with E-state index in [9.17, 15) is 0 Å². The third-order valence-electron chi connectivity index (χ3n) is 3.17. The van der Waals surface area contributed by atoms with Gasteiger partial charge in [-0.3, -0.25) is 5.41 Å². The zero-order valence-electron chi connectivity index (χ0n) is 11.5. The fraction of sp³-hybridized carbons (Fsp3) is 0.188. The molecular formula is C16H17ClN2O. The number of amidine groups is 1. The summed E-state index contributed by atoms with van der Waals surface area (Å²) in [5.74, 6) is 0.901. The van der Waals surface area contributed by atoms with Crippen LogP contribution in [0, 0.1) is 19.3 Å². The van der Waals surface area contributed by atoms with Crippen LogP contribution in [0.25, 0.3) is 0 Å². The summed E-state index contributed by atoms with van der Waals surface area (Å²) in [6.07, 6.45) is 0. The maximum atomic E-state index is 7.42. The third kappa shape index (κ3) is 3.31. The number of nitrogens with one attached hydrogen (secondary N) is 1. The summed E-state index contributed by atoms with van der Waals surface area (Å²) in [7, 11) is 0. The van der Waals surface area contributed by atoms with Crippen LogP contribution in [0.15, 0.2) is 36.4 Å². The molecular weight excluding hydrogens is 272 g/mol. The fourth-order valence-electron chi connectivity index (χ4n) is 1.96. The van der Waals surface area contributed by atoms with Gasteiger partial charge in [0.1, 0.15) is 18.2 Å². The number of hydrogen-bond donors (Lipinski definition) is 2. The molecule has 0 unspecified atom stereocenters. The number of rotatable bonds is 4. The van der Waals surface area contributed by atoms with Gasteiger partial charge < -0.3 is 10.5 Å². The van der Waals surface area contributed by atoms with Gasteiger partial charge >= 0.3 is 0 Å². The topological polar surface area (TPSA) is 59.1 Å². The molecule has 0 radical (unpaired) electrons. The molecule has 0 saturated carbocycles. The molecule has 3 nitrogen and oxygen atoms in total. The molecule has 0 saturated heterocycles. The molecule has 0 aliphatic rings. The second-order valence-corrected chi connectivity index (χ2v) is 5.19. The van der Waals surface area contributed by atoms with Crippen molar-refractivity contribution in [2.24, 2.45) is 5.73 Å². The normalized spacial score (nSPS) is 10.3. The molecule has 2 aromatic rings. The van der Waals surface area contributed by atoms with Crippen molar-refractivity contribution in [2.45, 2.75) is 20.5 Å². The first-order valence-electron chi connectivity index (χ1n) is 6.30. The van der Waals surface area contributed by atoms with Crippen LogP contribution in [-0.2, 0) is 6.61 Å². The zero-order chi connectivity index (χ0) is 14.7. The number of ether oxygens (including phenoxy) is 1. The molecule has 104 valence electrons. The lowest BCUT2D eigenvalue weighted by Gasteiger charge is -2.12. The zero-order valence-corrected chi connectivity index (χ0v) is 12.3. The Morgan fingerprint density at radius 2 is 1.90 bits per heavy atom. The molecule has 0 aromatic heterocycles. The summed E-state index contributed by atoms with van der Waals surface area (Å²) in [5, 5.41) is 8.13. The summed E-state index contributed by atoms with van der Waals surface area (Å²) in [6, 6.07) is 11.2. The molecule has 0 heterocycles. The van der Waals surface area contributed by atoms with E-state index in [-0.39, 0.29) is 5.84 Å². The fourth-order valence-corrected chi connectivity index (χ4v) is 2.18. The quantitative estimate of drug-likeness (QED) is 0.664. The Labute approximate surface area is 123 Å². The maximum absolute atomic E-state index is 7.42. The minimum Gasteiger partial charge on any atom is -0.489 e. The second-order valence-electron chi connectivity index (χ2n) is 4.75. The van der Waals surface area contributed by atoms with Crippen LogP contribution >= 0.6 is 11.6 Å². The first kappa shape index (κ1) is 14.4. The Hall–Kier alpha value is -2.00. The molecule has 0 atom stereocenters. The van der Waals surface area contributed by atoms with Crippen LogP contribution in [-0.4, -0.2) is 5.84 Å². The average Bonchev–Trinajstić information content (AvgIpc) is 2.38. The second kappa shape index (κ2) is 5.97. The predicted molar refractivity (Wildman–Crippen MR) is 82.7 cm³/mol. The van der Waals surface area contributed by atoms with E-state index in [0.29, 0.717) is 11.6 Å². The number of halogens is 1. The first-order valence-corrected chi connectivity index (χ1v) is 6.68. The van der Waals surface area contributed by atoms with Crippen molar-refractivity contribution < 1.29 is 4.74 Å². The molecule has 0 spiro atoms. The van der Waals surface area contributed by atoms with Crippen molar-refractivity contribution >= 4 is 17.4 Å². The summed E-state index contributed by atoms with van der Waals surface area (Å²) in [5.41, 5.74) is 9.34. The summed E-state index contributed by atoms with van der Waals surface area (Å²) >= 11 is 5.92. The number of nitrogen functional groups attached to an aromatic ring is 1. The standard InChI is InChI=1S/C16H17ClN2O/c1-10-7-12(16(18)19)3-4-13(10)9-20-15-6-5-14(17)8-11(15)2/h3-8H,9H2,1-2H3,(H3,18,19). The smallest absolute Gasteiger partial charge is 0.122 e. The lowest BCUT2D eigenvalue weighted by atomic mass is 10.1. The van der Waals surface area contributed by atoms with Gasteiger partial charge in [0.15, 0.2) is 0 Å².